The maximum absolute atomic E-state index is 5.61. The minimum Gasteiger partial charge on any atom is -0.365 e. The van der Waals surface area contributed by atoms with Crippen LogP contribution in [-0.2, 0) is 4.74 Å². The van der Waals surface area contributed by atoms with Crippen molar-refractivity contribution in [3.63, 3.8) is 0 Å². The zero-order valence-electron chi connectivity index (χ0n) is 14.7. The fourth-order valence-corrected chi connectivity index (χ4v) is 2.10. The van der Waals surface area contributed by atoms with Gasteiger partial charge < -0.3 is 4.74 Å². The highest BCUT2D eigenvalue weighted by Gasteiger charge is 2.34. The number of rotatable bonds is 12. The molecular weight excluding hydrogens is 280 g/mol. The van der Waals surface area contributed by atoms with Gasteiger partial charge in [0.05, 0.1) is 6.10 Å². The first-order valence-electron chi connectivity index (χ1n) is 8.98. The molecule has 0 amide bonds. The molecule has 0 aromatic heterocycles. The molecular formula is C22H32O. The van der Waals surface area contributed by atoms with Gasteiger partial charge in [-0.1, -0.05) is 93.2 Å². The summed E-state index contributed by atoms with van der Waals surface area (Å²) in [6, 6.07) is 0. The van der Waals surface area contributed by atoms with Crippen molar-refractivity contribution < 1.29 is 4.74 Å². The topological polar surface area (TPSA) is 12.5 Å². The molecule has 1 aliphatic heterocycles. The van der Waals surface area contributed by atoms with Crippen LogP contribution in [0.1, 0.15) is 52.4 Å². The first-order chi connectivity index (χ1) is 11.4. The van der Waals surface area contributed by atoms with Gasteiger partial charge in [0.25, 0.3) is 0 Å². The third kappa shape index (κ3) is 11.6. The van der Waals surface area contributed by atoms with Crippen LogP contribution in [-0.4, -0.2) is 12.2 Å². The molecule has 2 atom stereocenters. The Morgan fingerprint density at radius 1 is 0.739 bits per heavy atom. The minimum atomic E-state index is 0.302. The summed E-state index contributed by atoms with van der Waals surface area (Å²) in [4.78, 5) is 0. The van der Waals surface area contributed by atoms with Crippen molar-refractivity contribution in [2.75, 3.05) is 0 Å². The molecule has 1 aliphatic rings. The van der Waals surface area contributed by atoms with Crippen molar-refractivity contribution >= 4 is 0 Å². The lowest BCUT2D eigenvalue weighted by Gasteiger charge is -1.85. The molecule has 0 aliphatic carbocycles. The first-order valence-corrected chi connectivity index (χ1v) is 8.98. The average molecular weight is 312 g/mol. The molecule has 0 spiro atoms. The second-order valence-corrected chi connectivity index (χ2v) is 5.66. The maximum atomic E-state index is 5.61. The molecule has 0 saturated carbocycles. The van der Waals surface area contributed by atoms with E-state index in [1.165, 1.54) is 12.8 Å². The van der Waals surface area contributed by atoms with E-state index in [0.717, 1.165) is 25.7 Å². The second-order valence-electron chi connectivity index (χ2n) is 5.66. The molecule has 1 nitrogen and oxygen atoms in total. The monoisotopic (exact) mass is 312 g/mol. The van der Waals surface area contributed by atoms with Gasteiger partial charge in [-0.15, -0.1) is 0 Å². The van der Waals surface area contributed by atoms with Gasteiger partial charge in [-0.3, -0.25) is 0 Å². The minimum absolute atomic E-state index is 0.302. The average Bonchev–Trinajstić information content (AvgIpc) is 3.31. The van der Waals surface area contributed by atoms with Crippen molar-refractivity contribution in [2.24, 2.45) is 0 Å². The highest BCUT2D eigenvalue weighted by Crippen LogP contribution is 2.26. The lowest BCUT2D eigenvalue weighted by atomic mass is 10.2. The number of allylic oxidation sites excluding steroid dienone is 10. The Labute approximate surface area is 142 Å². The zero-order chi connectivity index (χ0) is 16.6. The summed E-state index contributed by atoms with van der Waals surface area (Å²) in [7, 11) is 0. The highest BCUT2D eigenvalue weighted by atomic mass is 16.6. The number of epoxide rings is 1. The number of ether oxygens (including phenoxy) is 1. The van der Waals surface area contributed by atoms with E-state index in [2.05, 4.69) is 86.8 Å². The van der Waals surface area contributed by atoms with E-state index in [1.54, 1.807) is 0 Å². The van der Waals surface area contributed by atoms with Crippen LogP contribution in [0.4, 0.5) is 0 Å². The van der Waals surface area contributed by atoms with Gasteiger partial charge in [-0.2, -0.15) is 0 Å². The summed E-state index contributed by atoms with van der Waals surface area (Å²) in [6.45, 7) is 4.36. The van der Waals surface area contributed by atoms with E-state index in [9.17, 15) is 0 Å². The Morgan fingerprint density at radius 2 is 1.48 bits per heavy atom. The van der Waals surface area contributed by atoms with Gasteiger partial charge >= 0.3 is 0 Å². The van der Waals surface area contributed by atoms with Crippen LogP contribution in [0.3, 0.4) is 0 Å². The molecule has 1 heteroatoms. The van der Waals surface area contributed by atoms with Crippen LogP contribution in [0, 0.1) is 0 Å². The van der Waals surface area contributed by atoms with Gasteiger partial charge in [0.2, 0.25) is 0 Å². The standard InChI is InChI=1S/C22H32O/c1-3-5-7-9-11-12-13-14-16-18-20-22-21(23-22)19-17-15-10-8-6-4-2/h6-9,12-18,20-22H,3-5,10-11,19H2,1-2H3. The molecule has 1 heterocycles. The van der Waals surface area contributed by atoms with Crippen LogP contribution < -0.4 is 0 Å². The van der Waals surface area contributed by atoms with Crippen LogP contribution >= 0.6 is 0 Å². The van der Waals surface area contributed by atoms with Crippen LogP contribution in [0.2, 0.25) is 0 Å². The Balaban J connectivity index is 2.05. The Hall–Kier alpha value is -1.60. The molecule has 23 heavy (non-hydrogen) atoms. The molecule has 0 N–H and O–H groups in total. The summed E-state index contributed by atoms with van der Waals surface area (Å²) >= 11 is 0. The van der Waals surface area contributed by atoms with Gasteiger partial charge in [0, 0.05) is 0 Å². The van der Waals surface area contributed by atoms with E-state index >= 15 is 0 Å². The molecule has 2 unspecified atom stereocenters. The Bertz CT molecular complexity index is 449. The van der Waals surface area contributed by atoms with Crippen LogP contribution in [0.15, 0.2) is 72.9 Å². The molecule has 0 bridgehead atoms. The number of unbranched alkanes of at least 4 members (excludes halogenated alkanes) is 1. The fourth-order valence-electron chi connectivity index (χ4n) is 2.10. The van der Waals surface area contributed by atoms with Crippen molar-refractivity contribution in [3.05, 3.63) is 72.9 Å². The lowest BCUT2D eigenvalue weighted by Crippen LogP contribution is -1.86. The van der Waals surface area contributed by atoms with Crippen LogP contribution in [0.5, 0.6) is 0 Å². The normalized spacial score (nSPS) is 22.2. The zero-order valence-corrected chi connectivity index (χ0v) is 14.7. The van der Waals surface area contributed by atoms with Crippen LogP contribution in [0.25, 0.3) is 0 Å². The van der Waals surface area contributed by atoms with E-state index in [4.69, 9.17) is 4.74 Å². The predicted molar refractivity (Wildman–Crippen MR) is 103 cm³/mol. The Morgan fingerprint density at radius 3 is 2.30 bits per heavy atom. The highest BCUT2D eigenvalue weighted by molar-refractivity contribution is 5.16. The third-order valence-corrected chi connectivity index (χ3v) is 3.50. The molecule has 126 valence electrons. The SMILES string of the molecule is CCC=CCC=CCC1OC1C=CC=CC=CCC=CCCC. The predicted octanol–water partition coefficient (Wildman–Crippen LogP) is 6.47. The summed E-state index contributed by atoms with van der Waals surface area (Å²) in [6.07, 6.45) is 33.2. The molecule has 1 fully saturated rings. The summed E-state index contributed by atoms with van der Waals surface area (Å²) in [5.74, 6) is 0. The molecule has 1 saturated heterocycles. The quantitative estimate of drug-likeness (QED) is 0.228. The largest absolute Gasteiger partial charge is 0.365 e. The first kappa shape index (κ1) is 19.4. The summed E-state index contributed by atoms with van der Waals surface area (Å²) in [5, 5.41) is 0. The fraction of sp³-hybridized carbons (Fsp3) is 0.455. The maximum Gasteiger partial charge on any atom is 0.103 e. The molecule has 0 radical (unpaired) electrons. The van der Waals surface area contributed by atoms with Crippen molar-refractivity contribution in [2.45, 2.75) is 64.6 Å². The number of hydrogen-bond donors (Lipinski definition) is 0. The molecule has 1 rings (SSSR count). The third-order valence-electron chi connectivity index (χ3n) is 3.50. The van der Waals surface area contributed by atoms with Crippen molar-refractivity contribution in [3.8, 4) is 0 Å². The second kappa shape index (κ2) is 14.0. The summed E-state index contributed by atoms with van der Waals surface area (Å²) < 4.78 is 5.61. The molecule has 0 aromatic carbocycles. The van der Waals surface area contributed by atoms with Crippen molar-refractivity contribution in [1.29, 1.82) is 0 Å². The Kier molecular flexibility index (Phi) is 11.9. The van der Waals surface area contributed by atoms with Gasteiger partial charge in [0.15, 0.2) is 0 Å². The number of hydrogen-bond acceptors (Lipinski definition) is 1. The van der Waals surface area contributed by atoms with Gasteiger partial charge in [-0.05, 0) is 32.1 Å². The van der Waals surface area contributed by atoms with E-state index in [1.807, 2.05) is 0 Å². The van der Waals surface area contributed by atoms with Crippen molar-refractivity contribution in [1.82, 2.24) is 0 Å². The van der Waals surface area contributed by atoms with E-state index in [-0.39, 0.29) is 0 Å². The van der Waals surface area contributed by atoms with Gasteiger partial charge in [-0.25, -0.2) is 0 Å². The lowest BCUT2D eigenvalue weighted by molar-refractivity contribution is 0.390. The van der Waals surface area contributed by atoms with E-state index in [0.29, 0.717) is 12.2 Å². The smallest absolute Gasteiger partial charge is 0.103 e. The summed E-state index contributed by atoms with van der Waals surface area (Å²) in [5.41, 5.74) is 0. The molecule has 0 aromatic rings. The van der Waals surface area contributed by atoms with Gasteiger partial charge in [0.1, 0.15) is 6.10 Å². The van der Waals surface area contributed by atoms with E-state index < -0.39 is 0 Å².